The van der Waals surface area contributed by atoms with Crippen LogP contribution in [0.5, 0.6) is 0 Å². The Bertz CT molecular complexity index is 377. The zero-order valence-electron chi connectivity index (χ0n) is 15.5. The van der Waals surface area contributed by atoms with Crippen LogP contribution >= 0.6 is 0 Å². The molecule has 0 radical (unpaired) electrons. The van der Waals surface area contributed by atoms with E-state index < -0.39 is 0 Å². The number of hydrogen-bond acceptors (Lipinski definition) is 3. The molecule has 5 nitrogen and oxygen atoms in total. The van der Waals surface area contributed by atoms with Gasteiger partial charge in [-0.2, -0.15) is 0 Å². The molecule has 0 bridgehead atoms. The van der Waals surface area contributed by atoms with Crippen molar-refractivity contribution in [1.82, 2.24) is 15.5 Å². The Morgan fingerprint density at radius 2 is 2.00 bits per heavy atom. The van der Waals surface area contributed by atoms with Gasteiger partial charge >= 0.3 is 0 Å². The van der Waals surface area contributed by atoms with E-state index in [4.69, 9.17) is 4.74 Å². The van der Waals surface area contributed by atoms with Crippen LogP contribution in [-0.4, -0.2) is 63.3 Å². The van der Waals surface area contributed by atoms with Crippen LogP contribution in [0.4, 0.5) is 0 Å². The summed E-state index contributed by atoms with van der Waals surface area (Å²) in [6.45, 7) is 4.94. The van der Waals surface area contributed by atoms with E-state index in [2.05, 4.69) is 41.5 Å². The first-order valence-corrected chi connectivity index (χ1v) is 9.32. The van der Waals surface area contributed by atoms with Crippen LogP contribution in [0.3, 0.4) is 0 Å². The molecule has 23 heavy (non-hydrogen) atoms. The summed E-state index contributed by atoms with van der Waals surface area (Å²) >= 11 is 0. The lowest BCUT2D eigenvalue weighted by atomic mass is 9.84. The van der Waals surface area contributed by atoms with E-state index in [1.54, 1.807) is 0 Å². The second-order valence-electron chi connectivity index (χ2n) is 7.44. The van der Waals surface area contributed by atoms with Crippen molar-refractivity contribution in [3.05, 3.63) is 0 Å². The monoisotopic (exact) mass is 324 g/mol. The number of ether oxygens (including phenoxy) is 1. The van der Waals surface area contributed by atoms with E-state index in [1.165, 1.54) is 32.1 Å². The summed E-state index contributed by atoms with van der Waals surface area (Å²) in [6.07, 6.45) is 8.73. The van der Waals surface area contributed by atoms with Crippen LogP contribution in [0.2, 0.25) is 0 Å². The predicted octanol–water partition coefficient (Wildman–Crippen LogP) is 2.23. The summed E-state index contributed by atoms with van der Waals surface area (Å²) in [4.78, 5) is 6.80. The Kier molecular flexibility index (Phi) is 7.15. The van der Waals surface area contributed by atoms with Crippen molar-refractivity contribution in [2.45, 2.75) is 63.5 Å². The lowest BCUT2D eigenvalue weighted by Crippen LogP contribution is -2.57. The van der Waals surface area contributed by atoms with Gasteiger partial charge in [-0.05, 0) is 45.7 Å². The summed E-state index contributed by atoms with van der Waals surface area (Å²) in [5.74, 6) is 1.84. The normalized spacial score (nSPS) is 28.7. The molecule has 2 fully saturated rings. The van der Waals surface area contributed by atoms with Gasteiger partial charge in [0.05, 0.1) is 0 Å². The average Bonchev–Trinajstić information content (AvgIpc) is 2.59. The van der Waals surface area contributed by atoms with Gasteiger partial charge in [-0.15, -0.1) is 0 Å². The molecule has 2 unspecified atom stereocenters. The van der Waals surface area contributed by atoms with Gasteiger partial charge < -0.3 is 20.3 Å². The molecule has 134 valence electrons. The molecule has 1 aliphatic carbocycles. The fourth-order valence-corrected chi connectivity index (χ4v) is 3.96. The zero-order chi connectivity index (χ0) is 16.7. The maximum Gasteiger partial charge on any atom is 0.191 e. The van der Waals surface area contributed by atoms with Crippen LogP contribution in [0.15, 0.2) is 4.99 Å². The number of guanidine groups is 1. The summed E-state index contributed by atoms with van der Waals surface area (Å²) in [7, 11) is 6.23. The lowest BCUT2D eigenvalue weighted by molar-refractivity contribution is -0.00504. The molecule has 1 aliphatic heterocycles. The third-order valence-electron chi connectivity index (χ3n) is 5.88. The second-order valence-corrected chi connectivity index (χ2v) is 7.44. The van der Waals surface area contributed by atoms with Crippen molar-refractivity contribution in [3.63, 3.8) is 0 Å². The number of aliphatic imine (C=N–C) groups is 1. The van der Waals surface area contributed by atoms with E-state index in [-0.39, 0.29) is 5.54 Å². The highest BCUT2D eigenvalue weighted by Gasteiger charge is 2.35. The first-order chi connectivity index (χ1) is 11.1. The van der Waals surface area contributed by atoms with Gasteiger partial charge in [0.25, 0.3) is 0 Å². The molecule has 1 saturated heterocycles. The highest BCUT2D eigenvalue weighted by molar-refractivity contribution is 5.80. The molecular formula is C18H36N4O. The van der Waals surface area contributed by atoms with E-state index in [0.29, 0.717) is 6.04 Å². The standard InChI is InChI=1S/C18H36N4O/c1-5-15-7-6-8-16(13-15)21-17(19-2)20-14-18(22(3)4)9-11-23-12-10-18/h15-16H,5-14H2,1-4H3,(H2,19,20,21). The van der Waals surface area contributed by atoms with Crippen molar-refractivity contribution in [3.8, 4) is 0 Å². The SMILES string of the molecule is CCC1CCCC(NC(=NC)NCC2(N(C)C)CCOCC2)C1. The third-order valence-corrected chi connectivity index (χ3v) is 5.88. The molecule has 0 spiro atoms. The van der Waals surface area contributed by atoms with E-state index >= 15 is 0 Å². The van der Waals surface area contributed by atoms with Gasteiger partial charge in [0.2, 0.25) is 0 Å². The molecule has 0 aromatic heterocycles. The second kappa shape index (κ2) is 8.88. The van der Waals surface area contributed by atoms with Crippen LogP contribution in [0, 0.1) is 5.92 Å². The molecule has 2 rings (SSSR count). The van der Waals surface area contributed by atoms with Gasteiger partial charge in [0, 0.05) is 38.4 Å². The minimum absolute atomic E-state index is 0.175. The fourth-order valence-electron chi connectivity index (χ4n) is 3.96. The molecule has 2 N–H and O–H groups in total. The topological polar surface area (TPSA) is 48.9 Å². The molecule has 2 aliphatic rings. The van der Waals surface area contributed by atoms with Gasteiger partial charge in [-0.3, -0.25) is 4.99 Å². The molecule has 5 heteroatoms. The summed E-state index contributed by atoms with van der Waals surface area (Å²) in [5, 5.41) is 7.24. The summed E-state index contributed by atoms with van der Waals surface area (Å²) < 4.78 is 5.55. The smallest absolute Gasteiger partial charge is 0.191 e. The number of likely N-dealkylation sites (N-methyl/N-ethyl adjacent to an activating group) is 1. The quantitative estimate of drug-likeness (QED) is 0.601. The largest absolute Gasteiger partial charge is 0.381 e. The maximum atomic E-state index is 5.55. The number of rotatable bonds is 5. The van der Waals surface area contributed by atoms with Crippen LogP contribution in [0.25, 0.3) is 0 Å². The van der Waals surface area contributed by atoms with Gasteiger partial charge in [-0.1, -0.05) is 26.2 Å². The van der Waals surface area contributed by atoms with E-state index in [9.17, 15) is 0 Å². The molecule has 0 aromatic carbocycles. The molecule has 2 atom stereocenters. The minimum Gasteiger partial charge on any atom is -0.381 e. The Balaban J connectivity index is 1.86. The Labute approximate surface area is 142 Å². The summed E-state index contributed by atoms with van der Waals surface area (Å²) in [5.41, 5.74) is 0.175. The molecule has 1 saturated carbocycles. The van der Waals surface area contributed by atoms with Crippen LogP contribution < -0.4 is 10.6 Å². The maximum absolute atomic E-state index is 5.55. The Hall–Kier alpha value is -0.810. The highest BCUT2D eigenvalue weighted by atomic mass is 16.5. The highest BCUT2D eigenvalue weighted by Crippen LogP contribution is 2.27. The Morgan fingerprint density at radius 3 is 2.61 bits per heavy atom. The van der Waals surface area contributed by atoms with Crippen LogP contribution in [-0.2, 0) is 4.74 Å². The van der Waals surface area contributed by atoms with Crippen molar-refractivity contribution in [1.29, 1.82) is 0 Å². The first kappa shape index (κ1) is 18.5. The fraction of sp³-hybridized carbons (Fsp3) is 0.944. The van der Waals surface area contributed by atoms with Gasteiger partial charge in [0.1, 0.15) is 0 Å². The van der Waals surface area contributed by atoms with Gasteiger partial charge in [-0.25, -0.2) is 0 Å². The first-order valence-electron chi connectivity index (χ1n) is 9.32. The summed E-state index contributed by atoms with van der Waals surface area (Å²) in [6, 6.07) is 0.574. The number of nitrogens with one attached hydrogen (secondary N) is 2. The Morgan fingerprint density at radius 1 is 1.26 bits per heavy atom. The van der Waals surface area contributed by atoms with E-state index in [1.807, 2.05) is 7.05 Å². The average molecular weight is 325 g/mol. The number of nitrogens with zero attached hydrogens (tertiary/aromatic N) is 2. The van der Waals surface area contributed by atoms with Crippen LogP contribution in [0.1, 0.15) is 51.9 Å². The lowest BCUT2D eigenvalue weighted by Gasteiger charge is -2.43. The van der Waals surface area contributed by atoms with Crippen molar-refractivity contribution < 1.29 is 4.74 Å². The molecule has 0 aromatic rings. The van der Waals surface area contributed by atoms with Crippen molar-refractivity contribution in [2.24, 2.45) is 10.9 Å². The minimum atomic E-state index is 0.175. The van der Waals surface area contributed by atoms with E-state index in [0.717, 1.165) is 44.5 Å². The predicted molar refractivity (Wildman–Crippen MR) is 97.0 cm³/mol. The third kappa shape index (κ3) is 5.08. The molecule has 1 heterocycles. The van der Waals surface area contributed by atoms with Gasteiger partial charge in [0.15, 0.2) is 5.96 Å². The van der Waals surface area contributed by atoms with Crippen molar-refractivity contribution >= 4 is 5.96 Å². The molecular weight excluding hydrogens is 288 g/mol. The number of hydrogen-bond donors (Lipinski definition) is 2. The zero-order valence-corrected chi connectivity index (χ0v) is 15.5. The van der Waals surface area contributed by atoms with Crippen molar-refractivity contribution in [2.75, 3.05) is 40.9 Å². The molecule has 0 amide bonds.